The van der Waals surface area contributed by atoms with Gasteiger partial charge >= 0.3 is 0 Å². The lowest BCUT2D eigenvalue weighted by Gasteiger charge is -2.22. The Hall–Kier alpha value is -1.06. The largest absolute Gasteiger partial charge is 0.496 e. The van der Waals surface area contributed by atoms with Crippen LogP contribution in [0.25, 0.3) is 0 Å². The minimum atomic E-state index is 0.400. The van der Waals surface area contributed by atoms with Crippen LogP contribution in [0.3, 0.4) is 0 Å². The summed E-state index contributed by atoms with van der Waals surface area (Å²) in [5, 5.41) is 3.41. The fraction of sp³-hybridized carbons (Fsp3) is 0.600. The van der Waals surface area contributed by atoms with Gasteiger partial charge in [-0.15, -0.1) is 0 Å². The second-order valence-electron chi connectivity index (χ2n) is 5.11. The van der Waals surface area contributed by atoms with E-state index in [1.165, 1.54) is 16.7 Å². The summed E-state index contributed by atoms with van der Waals surface area (Å²) >= 11 is 0. The van der Waals surface area contributed by atoms with Crippen molar-refractivity contribution < 1.29 is 4.74 Å². The Morgan fingerprint density at radius 2 is 1.89 bits per heavy atom. The Morgan fingerprint density at radius 3 is 2.39 bits per heavy atom. The van der Waals surface area contributed by atoms with Crippen LogP contribution in [0.4, 0.5) is 0 Å². The molecule has 1 N–H and O–H groups in total. The predicted octanol–water partition coefficient (Wildman–Crippen LogP) is 2.52. The molecule has 3 nitrogen and oxygen atoms in total. The first-order valence-electron chi connectivity index (χ1n) is 6.46. The summed E-state index contributed by atoms with van der Waals surface area (Å²) in [5.41, 5.74) is 3.86. The zero-order chi connectivity index (χ0) is 13.7. The van der Waals surface area contributed by atoms with Gasteiger partial charge in [-0.2, -0.15) is 0 Å². The molecule has 0 spiro atoms. The Labute approximate surface area is 111 Å². The second kappa shape index (κ2) is 6.76. The van der Waals surface area contributed by atoms with Gasteiger partial charge in [0.05, 0.1) is 7.11 Å². The normalized spacial score (nSPS) is 12.8. The number of rotatable bonds is 6. The summed E-state index contributed by atoms with van der Waals surface area (Å²) in [5.74, 6) is 0.971. The molecule has 0 aliphatic heterocycles. The van der Waals surface area contributed by atoms with E-state index in [4.69, 9.17) is 4.74 Å². The van der Waals surface area contributed by atoms with Crippen LogP contribution in [0.2, 0.25) is 0 Å². The van der Waals surface area contributed by atoms with E-state index in [0.717, 1.165) is 18.7 Å². The summed E-state index contributed by atoms with van der Waals surface area (Å²) in [6, 6.07) is 4.77. The molecule has 0 fully saturated rings. The topological polar surface area (TPSA) is 24.5 Å². The van der Waals surface area contributed by atoms with E-state index >= 15 is 0 Å². The summed E-state index contributed by atoms with van der Waals surface area (Å²) in [6.45, 7) is 5.33. The summed E-state index contributed by atoms with van der Waals surface area (Å²) in [4.78, 5) is 2.22. The number of nitrogens with zero attached hydrogens (tertiary/aromatic N) is 1. The minimum absolute atomic E-state index is 0.400. The molecule has 1 aromatic carbocycles. The molecule has 0 aromatic heterocycles. The van der Waals surface area contributed by atoms with Gasteiger partial charge in [0.2, 0.25) is 0 Å². The second-order valence-corrected chi connectivity index (χ2v) is 5.11. The van der Waals surface area contributed by atoms with E-state index < -0.39 is 0 Å². The summed E-state index contributed by atoms with van der Waals surface area (Å²) in [7, 11) is 7.97. The molecule has 0 radical (unpaired) electrons. The van der Waals surface area contributed by atoms with Crippen LogP contribution in [0.1, 0.15) is 29.2 Å². The first-order valence-corrected chi connectivity index (χ1v) is 6.46. The number of nitrogens with one attached hydrogen (secondary N) is 1. The number of ether oxygens (including phenoxy) is 1. The van der Waals surface area contributed by atoms with E-state index in [-0.39, 0.29) is 0 Å². The van der Waals surface area contributed by atoms with Crippen LogP contribution >= 0.6 is 0 Å². The van der Waals surface area contributed by atoms with Crippen LogP contribution in [-0.4, -0.2) is 39.7 Å². The fourth-order valence-electron chi connectivity index (χ4n) is 2.25. The Morgan fingerprint density at radius 1 is 1.22 bits per heavy atom. The highest BCUT2D eigenvalue weighted by atomic mass is 16.5. The molecule has 0 amide bonds. The van der Waals surface area contributed by atoms with Gasteiger partial charge in [0.1, 0.15) is 5.75 Å². The van der Waals surface area contributed by atoms with E-state index in [2.05, 4.69) is 50.3 Å². The van der Waals surface area contributed by atoms with Crippen molar-refractivity contribution in [1.29, 1.82) is 0 Å². The highest BCUT2D eigenvalue weighted by Gasteiger charge is 2.14. The molecule has 1 atom stereocenters. The highest BCUT2D eigenvalue weighted by Crippen LogP contribution is 2.28. The molecule has 3 heteroatoms. The molecule has 1 rings (SSSR count). The van der Waals surface area contributed by atoms with Crippen molar-refractivity contribution in [3.05, 3.63) is 28.8 Å². The lowest BCUT2D eigenvalue weighted by atomic mass is 9.96. The molecule has 18 heavy (non-hydrogen) atoms. The first-order chi connectivity index (χ1) is 8.49. The number of hydrogen-bond acceptors (Lipinski definition) is 3. The minimum Gasteiger partial charge on any atom is -0.496 e. The van der Waals surface area contributed by atoms with Crippen molar-refractivity contribution in [2.45, 2.75) is 26.3 Å². The number of benzene rings is 1. The standard InChI is InChI=1S/C15H26N2O/c1-11-10-15(18-6)12(2)9-13(11)14(16-3)7-8-17(4)5/h9-10,14,16H,7-8H2,1-6H3. The highest BCUT2D eigenvalue weighted by molar-refractivity contribution is 5.42. The Bertz CT molecular complexity index is 388. The van der Waals surface area contributed by atoms with Crippen molar-refractivity contribution in [3.8, 4) is 5.75 Å². The predicted molar refractivity (Wildman–Crippen MR) is 77.4 cm³/mol. The van der Waals surface area contributed by atoms with E-state index in [0.29, 0.717) is 6.04 Å². The molecule has 0 heterocycles. The molecular weight excluding hydrogens is 224 g/mol. The molecule has 0 bridgehead atoms. The van der Waals surface area contributed by atoms with E-state index in [9.17, 15) is 0 Å². The first kappa shape index (κ1) is 15.0. The number of hydrogen-bond donors (Lipinski definition) is 1. The van der Waals surface area contributed by atoms with E-state index in [1.807, 2.05) is 7.05 Å². The molecular formula is C15H26N2O. The zero-order valence-electron chi connectivity index (χ0n) is 12.5. The quantitative estimate of drug-likeness (QED) is 0.839. The van der Waals surface area contributed by atoms with Crippen molar-refractivity contribution in [1.82, 2.24) is 10.2 Å². The monoisotopic (exact) mass is 250 g/mol. The van der Waals surface area contributed by atoms with Crippen LogP contribution in [0.5, 0.6) is 5.75 Å². The van der Waals surface area contributed by atoms with Gasteiger partial charge in [0.15, 0.2) is 0 Å². The van der Waals surface area contributed by atoms with E-state index in [1.54, 1.807) is 7.11 Å². The van der Waals surface area contributed by atoms with Gasteiger partial charge < -0.3 is 15.0 Å². The third-order valence-electron chi connectivity index (χ3n) is 3.37. The fourth-order valence-corrected chi connectivity index (χ4v) is 2.25. The van der Waals surface area contributed by atoms with Crippen LogP contribution in [0.15, 0.2) is 12.1 Å². The molecule has 0 aliphatic carbocycles. The number of aryl methyl sites for hydroxylation is 2. The SMILES string of the molecule is CNC(CCN(C)C)c1cc(C)c(OC)cc1C. The van der Waals surface area contributed by atoms with Crippen molar-refractivity contribution in [2.75, 3.05) is 34.8 Å². The lowest BCUT2D eigenvalue weighted by Crippen LogP contribution is -2.23. The molecule has 0 aliphatic rings. The van der Waals surface area contributed by atoms with Crippen LogP contribution in [-0.2, 0) is 0 Å². The molecule has 0 saturated heterocycles. The Balaban J connectivity index is 2.95. The van der Waals surface area contributed by atoms with Gasteiger partial charge in [-0.1, -0.05) is 6.07 Å². The third-order valence-corrected chi connectivity index (χ3v) is 3.37. The molecule has 102 valence electrons. The lowest BCUT2D eigenvalue weighted by molar-refractivity contribution is 0.367. The van der Waals surface area contributed by atoms with Gasteiger partial charge in [0, 0.05) is 6.04 Å². The maximum Gasteiger partial charge on any atom is 0.122 e. The average Bonchev–Trinajstić information content (AvgIpc) is 2.33. The van der Waals surface area contributed by atoms with Gasteiger partial charge in [-0.25, -0.2) is 0 Å². The third kappa shape index (κ3) is 3.72. The zero-order valence-corrected chi connectivity index (χ0v) is 12.5. The molecule has 0 saturated carbocycles. The maximum absolute atomic E-state index is 5.36. The summed E-state index contributed by atoms with van der Waals surface area (Å²) < 4.78 is 5.36. The van der Waals surface area contributed by atoms with Crippen LogP contribution < -0.4 is 10.1 Å². The van der Waals surface area contributed by atoms with Crippen LogP contribution in [0, 0.1) is 13.8 Å². The van der Waals surface area contributed by atoms with Crippen molar-refractivity contribution >= 4 is 0 Å². The Kier molecular flexibility index (Phi) is 5.63. The van der Waals surface area contributed by atoms with Gasteiger partial charge in [0.25, 0.3) is 0 Å². The van der Waals surface area contributed by atoms with Gasteiger partial charge in [-0.3, -0.25) is 0 Å². The molecule has 1 unspecified atom stereocenters. The van der Waals surface area contributed by atoms with Crippen molar-refractivity contribution in [2.24, 2.45) is 0 Å². The number of methoxy groups -OCH3 is 1. The molecule has 1 aromatic rings. The summed E-state index contributed by atoms with van der Waals surface area (Å²) in [6.07, 6.45) is 1.11. The van der Waals surface area contributed by atoms with Gasteiger partial charge in [-0.05, 0) is 70.7 Å². The average molecular weight is 250 g/mol. The maximum atomic E-state index is 5.36. The smallest absolute Gasteiger partial charge is 0.122 e. The van der Waals surface area contributed by atoms with Crippen molar-refractivity contribution in [3.63, 3.8) is 0 Å².